The van der Waals surface area contributed by atoms with Crippen molar-refractivity contribution in [1.29, 1.82) is 0 Å². The zero-order valence-corrected chi connectivity index (χ0v) is 10.9. The van der Waals surface area contributed by atoms with Crippen LogP contribution in [0.25, 0.3) is 0 Å². The van der Waals surface area contributed by atoms with Crippen molar-refractivity contribution in [1.82, 2.24) is 5.32 Å². The molecule has 0 saturated carbocycles. The Hall–Kier alpha value is -1.06. The lowest BCUT2D eigenvalue weighted by molar-refractivity contribution is 0.530. The summed E-state index contributed by atoms with van der Waals surface area (Å²) in [5.41, 5.74) is 3.62. The highest BCUT2D eigenvalue weighted by atomic mass is 79.9. The van der Waals surface area contributed by atoms with E-state index in [0.29, 0.717) is 0 Å². The predicted octanol–water partition coefficient (Wildman–Crippen LogP) is 3.66. The predicted molar refractivity (Wildman–Crippen MR) is 68.5 cm³/mol. The van der Waals surface area contributed by atoms with Crippen LogP contribution in [0.4, 0.5) is 0 Å². The van der Waals surface area contributed by atoms with E-state index in [2.05, 4.69) is 52.4 Å². The molecule has 0 bridgehead atoms. The van der Waals surface area contributed by atoms with Crippen molar-refractivity contribution in [2.24, 2.45) is 0 Å². The van der Waals surface area contributed by atoms with Crippen molar-refractivity contribution in [3.8, 4) is 0 Å². The molecule has 84 valence electrons. The molecule has 0 fully saturated rings. The molecule has 16 heavy (non-hydrogen) atoms. The first-order valence-electron chi connectivity index (χ1n) is 5.19. The maximum absolute atomic E-state index is 5.27. The molecule has 1 heterocycles. The molecular weight excluding hydrogens is 266 g/mol. The van der Waals surface area contributed by atoms with E-state index < -0.39 is 0 Å². The second-order valence-corrected chi connectivity index (χ2v) is 4.50. The lowest BCUT2D eigenvalue weighted by Crippen LogP contribution is -2.17. The molecule has 0 amide bonds. The van der Waals surface area contributed by atoms with Crippen LogP contribution in [0.5, 0.6) is 0 Å². The number of hydrogen-bond donors (Lipinski definition) is 1. The number of aryl methyl sites for hydroxylation is 1. The van der Waals surface area contributed by atoms with Crippen LogP contribution in [0.15, 0.2) is 45.7 Å². The first-order chi connectivity index (χ1) is 7.72. The smallest absolute Gasteiger partial charge is 0.174 e. The quantitative estimate of drug-likeness (QED) is 0.928. The molecule has 1 unspecified atom stereocenters. The normalized spacial score (nSPS) is 12.7. The molecule has 1 atom stereocenters. The Morgan fingerprint density at radius 1 is 1.19 bits per heavy atom. The van der Waals surface area contributed by atoms with E-state index in [9.17, 15) is 0 Å². The average molecular weight is 280 g/mol. The van der Waals surface area contributed by atoms with Crippen molar-refractivity contribution in [3.63, 3.8) is 0 Å². The van der Waals surface area contributed by atoms with Gasteiger partial charge in [0.05, 0.1) is 12.3 Å². The van der Waals surface area contributed by atoms with Crippen molar-refractivity contribution in [3.05, 3.63) is 58.0 Å². The largest absolute Gasteiger partial charge is 0.457 e. The topological polar surface area (TPSA) is 25.2 Å². The molecule has 3 heteroatoms. The lowest BCUT2D eigenvalue weighted by atomic mass is 10.0. The van der Waals surface area contributed by atoms with Crippen molar-refractivity contribution < 1.29 is 4.42 Å². The van der Waals surface area contributed by atoms with Gasteiger partial charge < -0.3 is 9.73 Å². The summed E-state index contributed by atoms with van der Waals surface area (Å²) >= 11 is 3.41. The maximum Gasteiger partial charge on any atom is 0.174 e. The van der Waals surface area contributed by atoms with Crippen LogP contribution in [-0.2, 0) is 0 Å². The van der Waals surface area contributed by atoms with Gasteiger partial charge in [-0.2, -0.15) is 0 Å². The number of furan rings is 1. The Morgan fingerprint density at radius 2 is 1.88 bits per heavy atom. The Balaban J connectivity index is 2.37. The third kappa shape index (κ3) is 2.20. The molecule has 2 nitrogen and oxygen atoms in total. The van der Waals surface area contributed by atoms with Gasteiger partial charge in [-0.3, -0.25) is 0 Å². The minimum absolute atomic E-state index is 0.161. The van der Waals surface area contributed by atoms with Crippen LogP contribution < -0.4 is 5.32 Å². The highest BCUT2D eigenvalue weighted by Crippen LogP contribution is 2.29. The molecule has 0 aliphatic heterocycles. The minimum Gasteiger partial charge on any atom is -0.457 e. The van der Waals surface area contributed by atoms with Gasteiger partial charge in [-0.05, 0) is 41.5 Å². The Kier molecular flexibility index (Phi) is 3.46. The standard InChI is InChI=1S/C13H14BrNO/c1-9-3-5-10(6-4-9)12(15-2)11-7-8-16-13(11)14/h3-8,12,15H,1-2H3. The van der Waals surface area contributed by atoms with Gasteiger partial charge in [-0.15, -0.1) is 0 Å². The second-order valence-electron chi connectivity index (χ2n) is 3.78. The summed E-state index contributed by atoms with van der Waals surface area (Å²) in [5.74, 6) is 0. The summed E-state index contributed by atoms with van der Waals surface area (Å²) in [6.45, 7) is 2.09. The number of nitrogens with one attached hydrogen (secondary N) is 1. The van der Waals surface area contributed by atoms with Crippen LogP contribution in [0.2, 0.25) is 0 Å². The first kappa shape index (κ1) is 11.4. The number of benzene rings is 1. The molecule has 2 rings (SSSR count). The summed E-state index contributed by atoms with van der Waals surface area (Å²) in [6.07, 6.45) is 1.69. The van der Waals surface area contributed by atoms with Gasteiger partial charge >= 0.3 is 0 Å². The molecule has 0 radical (unpaired) electrons. The van der Waals surface area contributed by atoms with Crippen LogP contribution in [-0.4, -0.2) is 7.05 Å². The van der Waals surface area contributed by atoms with Gasteiger partial charge in [0, 0.05) is 5.56 Å². The van der Waals surface area contributed by atoms with E-state index in [1.165, 1.54) is 11.1 Å². The Labute approximate surface area is 104 Å². The van der Waals surface area contributed by atoms with Crippen molar-refractivity contribution in [2.45, 2.75) is 13.0 Å². The van der Waals surface area contributed by atoms with E-state index in [1.54, 1.807) is 6.26 Å². The fourth-order valence-corrected chi connectivity index (χ4v) is 2.24. The fourth-order valence-electron chi connectivity index (χ4n) is 1.77. The summed E-state index contributed by atoms with van der Waals surface area (Å²) < 4.78 is 6.05. The number of hydrogen-bond acceptors (Lipinski definition) is 2. The van der Waals surface area contributed by atoms with Crippen LogP contribution >= 0.6 is 15.9 Å². The Bertz CT molecular complexity index is 461. The molecule has 0 aliphatic rings. The highest BCUT2D eigenvalue weighted by molar-refractivity contribution is 9.10. The summed E-state index contributed by atoms with van der Waals surface area (Å²) in [6, 6.07) is 10.6. The van der Waals surface area contributed by atoms with Gasteiger partial charge in [0.2, 0.25) is 0 Å². The van der Waals surface area contributed by atoms with Gasteiger partial charge in [-0.25, -0.2) is 0 Å². The van der Waals surface area contributed by atoms with Gasteiger partial charge in [0.15, 0.2) is 4.67 Å². The maximum atomic E-state index is 5.27. The molecule has 1 N–H and O–H groups in total. The third-order valence-electron chi connectivity index (χ3n) is 2.66. The van der Waals surface area contributed by atoms with E-state index in [-0.39, 0.29) is 6.04 Å². The van der Waals surface area contributed by atoms with E-state index >= 15 is 0 Å². The summed E-state index contributed by atoms with van der Waals surface area (Å²) in [5, 5.41) is 3.29. The SMILES string of the molecule is CNC(c1ccc(C)cc1)c1ccoc1Br. The second kappa shape index (κ2) is 4.85. The third-order valence-corrected chi connectivity index (χ3v) is 3.30. The lowest BCUT2D eigenvalue weighted by Gasteiger charge is -2.15. The number of halogens is 1. The summed E-state index contributed by atoms with van der Waals surface area (Å²) in [7, 11) is 1.95. The van der Waals surface area contributed by atoms with Crippen LogP contribution in [0, 0.1) is 6.92 Å². The first-order valence-corrected chi connectivity index (χ1v) is 5.98. The fraction of sp³-hybridized carbons (Fsp3) is 0.231. The van der Waals surface area contributed by atoms with Gasteiger partial charge in [0.25, 0.3) is 0 Å². The molecule has 0 saturated heterocycles. The monoisotopic (exact) mass is 279 g/mol. The number of rotatable bonds is 3. The zero-order valence-electron chi connectivity index (χ0n) is 9.33. The zero-order chi connectivity index (χ0) is 11.5. The van der Waals surface area contributed by atoms with Gasteiger partial charge in [-0.1, -0.05) is 29.8 Å². The van der Waals surface area contributed by atoms with E-state index in [1.807, 2.05) is 13.1 Å². The van der Waals surface area contributed by atoms with Crippen molar-refractivity contribution in [2.75, 3.05) is 7.05 Å². The molecule has 1 aromatic heterocycles. The van der Waals surface area contributed by atoms with Crippen LogP contribution in [0.3, 0.4) is 0 Å². The average Bonchev–Trinajstić information content (AvgIpc) is 2.69. The highest BCUT2D eigenvalue weighted by Gasteiger charge is 2.16. The summed E-state index contributed by atoms with van der Waals surface area (Å²) in [4.78, 5) is 0. The van der Waals surface area contributed by atoms with Gasteiger partial charge in [0.1, 0.15) is 0 Å². The minimum atomic E-state index is 0.161. The Morgan fingerprint density at radius 3 is 2.38 bits per heavy atom. The van der Waals surface area contributed by atoms with E-state index in [0.717, 1.165) is 10.2 Å². The molecular formula is C13H14BrNO. The molecule has 1 aromatic carbocycles. The molecule has 2 aromatic rings. The van der Waals surface area contributed by atoms with Crippen molar-refractivity contribution >= 4 is 15.9 Å². The van der Waals surface area contributed by atoms with Crippen LogP contribution in [0.1, 0.15) is 22.7 Å². The molecule has 0 spiro atoms. The molecule has 0 aliphatic carbocycles. The van der Waals surface area contributed by atoms with E-state index in [4.69, 9.17) is 4.42 Å².